The first-order chi connectivity index (χ1) is 9.38. The summed E-state index contributed by atoms with van der Waals surface area (Å²) in [5.41, 5.74) is 0.502. The van der Waals surface area contributed by atoms with Gasteiger partial charge in [0.25, 0.3) is 0 Å². The zero-order chi connectivity index (χ0) is 14.8. The van der Waals surface area contributed by atoms with Crippen molar-refractivity contribution in [2.24, 2.45) is 0 Å². The summed E-state index contributed by atoms with van der Waals surface area (Å²) < 4.78 is 38.8. The second kappa shape index (κ2) is 6.13. The molecule has 2 rings (SSSR count). The summed E-state index contributed by atoms with van der Waals surface area (Å²) in [6.45, 7) is 0. The second-order valence-corrected chi connectivity index (χ2v) is 5.60. The normalized spacial score (nSPS) is 13.2. The Morgan fingerprint density at radius 1 is 1.05 bits per heavy atom. The first-order valence-corrected chi connectivity index (χ1v) is 7.04. The second-order valence-electron chi connectivity index (χ2n) is 4.44. The van der Waals surface area contributed by atoms with Gasteiger partial charge in [0.15, 0.2) is 0 Å². The van der Waals surface area contributed by atoms with Crippen molar-refractivity contribution in [1.82, 2.24) is 0 Å². The van der Waals surface area contributed by atoms with E-state index in [0.29, 0.717) is 5.56 Å². The van der Waals surface area contributed by atoms with E-state index >= 15 is 0 Å². The highest BCUT2D eigenvalue weighted by Crippen LogP contribution is 2.31. The molecule has 1 unspecified atom stereocenters. The minimum absolute atomic E-state index is 0.157. The average molecular weight is 392 g/mol. The van der Waals surface area contributed by atoms with E-state index in [-0.39, 0.29) is 6.42 Å². The maximum Gasteiger partial charge on any atom is 0.416 e. The van der Waals surface area contributed by atoms with Crippen LogP contribution in [-0.4, -0.2) is 5.11 Å². The molecule has 0 heterocycles. The van der Waals surface area contributed by atoms with Crippen LogP contribution in [0, 0.1) is 3.57 Å². The highest BCUT2D eigenvalue weighted by molar-refractivity contribution is 14.1. The largest absolute Gasteiger partial charge is 0.416 e. The maximum atomic E-state index is 12.6. The fourth-order valence-electron chi connectivity index (χ4n) is 1.95. The Labute approximate surface area is 128 Å². The summed E-state index contributed by atoms with van der Waals surface area (Å²) in [7, 11) is 0. The van der Waals surface area contributed by atoms with Gasteiger partial charge in [0.1, 0.15) is 0 Å². The van der Waals surface area contributed by atoms with Crippen LogP contribution in [0.1, 0.15) is 22.8 Å². The predicted octanol–water partition coefficient (Wildman–Crippen LogP) is 4.59. The summed E-state index contributed by atoms with van der Waals surface area (Å²) in [5, 5.41) is 10.2. The van der Waals surface area contributed by atoms with Crippen LogP contribution in [0.25, 0.3) is 0 Å². The number of hydrogen-bond donors (Lipinski definition) is 1. The molecule has 0 aliphatic carbocycles. The van der Waals surface area contributed by atoms with E-state index in [1.807, 2.05) is 12.1 Å². The van der Waals surface area contributed by atoms with E-state index in [2.05, 4.69) is 22.6 Å². The number of benzene rings is 2. The fourth-order valence-corrected chi connectivity index (χ4v) is 2.70. The van der Waals surface area contributed by atoms with Gasteiger partial charge in [0.2, 0.25) is 0 Å². The van der Waals surface area contributed by atoms with Gasteiger partial charge in [-0.15, -0.1) is 0 Å². The van der Waals surface area contributed by atoms with Crippen LogP contribution in [0.3, 0.4) is 0 Å². The summed E-state index contributed by atoms with van der Waals surface area (Å²) in [6.07, 6.45) is -5.02. The van der Waals surface area contributed by atoms with Crippen molar-refractivity contribution >= 4 is 22.6 Å². The van der Waals surface area contributed by atoms with Crippen LogP contribution >= 0.6 is 22.6 Å². The van der Waals surface area contributed by atoms with Crippen molar-refractivity contribution in [3.63, 3.8) is 0 Å². The molecule has 1 atom stereocenters. The van der Waals surface area contributed by atoms with E-state index in [9.17, 15) is 18.3 Å². The molecular weight excluding hydrogens is 380 g/mol. The highest BCUT2D eigenvalue weighted by atomic mass is 127. The molecule has 0 saturated heterocycles. The van der Waals surface area contributed by atoms with E-state index in [1.165, 1.54) is 6.07 Å². The molecule has 0 spiro atoms. The van der Waals surface area contributed by atoms with Gasteiger partial charge in [-0.05, 0) is 45.9 Å². The Bertz CT molecular complexity index is 596. The molecule has 2 aromatic rings. The van der Waals surface area contributed by atoms with Gasteiger partial charge in [0.05, 0.1) is 11.7 Å². The molecular formula is C15H12F3IO. The number of halogens is 4. The number of hydrogen-bond acceptors (Lipinski definition) is 1. The summed E-state index contributed by atoms with van der Waals surface area (Å²) in [6, 6.07) is 12.3. The minimum Gasteiger partial charge on any atom is -0.388 e. The van der Waals surface area contributed by atoms with Crippen LogP contribution in [0.2, 0.25) is 0 Å². The summed E-state index contributed by atoms with van der Waals surface area (Å²) >= 11 is 2.10. The molecule has 0 aromatic heterocycles. The van der Waals surface area contributed by atoms with E-state index in [0.717, 1.165) is 21.3 Å². The van der Waals surface area contributed by atoms with Crippen LogP contribution in [0.15, 0.2) is 48.5 Å². The first-order valence-electron chi connectivity index (χ1n) is 5.96. The monoisotopic (exact) mass is 392 g/mol. The molecule has 1 nitrogen and oxygen atoms in total. The van der Waals surface area contributed by atoms with Gasteiger partial charge >= 0.3 is 6.18 Å². The fraction of sp³-hybridized carbons (Fsp3) is 0.200. The molecule has 2 aromatic carbocycles. The lowest BCUT2D eigenvalue weighted by atomic mass is 10.00. The van der Waals surface area contributed by atoms with Crippen LogP contribution in [0.4, 0.5) is 13.2 Å². The lowest BCUT2D eigenvalue weighted by molar-refractivity contribution is -0.137. The Morgan fingerprint density at radius 2 is 1.75 bits per heavy atom. The molecule has 106 valence electrons. The Morgan fingerprint density at radius 3 is 2.40 bits per heavy atom. The molecule has 5 heteroatoms. The Hall–Kier alpha value is -1.08. The zero-order valence-corrected chi connectivity index (χ0v) is 12.5. The van der Waals surface area contributed by atoms with Crippen molar-refractivity contribution in [3.05, 3.63) is 68.8 Å². The highest BCUT2D eigenvalue weighted by Gasteiger charge is 2.30. The van der Waals surface area contributed by atoms with Crippen LogP contribution in [-0.2, 0) is 12.6 Å². The molecule has 1 N–H and O–H groups in total. The molecule has 0 saturated carbocycles. The van der Waals surface area contributed by atoms with Crippen molar-refractivity contribution in [1.29, 1.82) is 0 Å². The molecule has 20 heavy (non-hydrogen) atoms. The lowest BCUT2D eigenvalue weighted by Crippen LogP contribution is -2.07. The predicted molar refractivity (Wildman–Crippen MR) is 79.3 cm³/mol. The molecule has 0 radical (unpaired) electrons. The number of rotatable bonds is 3. The third-order valence-electron chi connectivity index (χ3n) is 2.95. The SMILES string of the molecule is OC(Cc1cccc(C(F)(F)F)c1)c1ccccc1I. The smallest absolute Gasteiger partial charge is 0.388 e. The van der Waals surface area contributed by atoms with Crippen LogP contribution < -0.4 is 0 Å². The van der Waals surface area contributed by atoms with Gasteiger partial charge < -0.3 is 5.11 Å². The van der Waals surface area contributed by atoms with Crippen molar-refractivity contribution in [2.75, 3.05) is 0 Å². The molecule has 0 bridgehead atoms. The summed E-state index contributed by atoms with van der Waals surface area (Å²) in [5.74, 6) is 0. The zero-order valence-electron chi connectivity index (χ0n) is 10.4. The van der Waals surface area contributed by atoms with Gasteiger partial charge in [-0.3, -0.25) is 0 Å². The maximum absolute atomic E-state index is 12.6. The molecule has 0 amide bonds. The van der Waals surface area contributed by atoms with E-state index in [1.54, 1.807) is 18.2 Å². The van der Waals surface area contributed by atoms with Crippen molar-refractivity contribution in [3.8, 4) is 0 Å². The van der Waals surface area contributed by atoms with Crippen molar-refractivity contribution < 1.29 is 18.3 Å². The third kappa shape index (κ3) is 3.73. The molecule has 0 aliphatic heterocycles. The quantitative estimate of drug-likeness (QED) is 0.758. The minimum atomic E-state index is -4.36. The van der Waals surface area contributed by atoms with E-state index in [4.69, 9.17) is 0 Å². The van der Waals surface area contributed by atoms with Gasteiger partial charge in [0, 0.05) is 9.99 Å². The van der Waals surface area contributed by atoms with Gasteiger partial charge in [-0.1, -0.05) is 36.4 Å². The first kappa shape index (κ1) is 15.3. The van der Waals surface area contributed by atoms with Gasteiger partial charge in [-0.2, -0.15) is 13.2 Å². The van der Waals surface area contributed by atoms with Crippen molar-refractivity contribution in [2.45, 2.75) is 18.7 Å². The lowest BCUT2D eigenvalue weighted by Gasteiger charge is -2.14. The van der Waals surface area contributed by atoms with E-state index < -0.39 is 17.8 Å². The average Bonchev–Trinajstić information content (AvgIpc) is 2.38. The number of aliphatic hydroxyl groups is 1. The summed E-state index contributed by atoms with van der Waals surface area (Å²) in [4.78, 5) is 0. The topological polar surface area (TPSA) is 20.2 Å². The Balaban J connectivity index is 2.20. The standard InChI is InChI=1S/C15H12F3IO/c16-15(17,18)11-5-3-4-10(8-11)9-14(20)12-6-1-2-7-13(12)19/h1-8,14,20H,9H2. The third-order valence-corrected chi connectivity index (χ3v) is 3.93. The van der Waals surface area contributed by atoms with Gasteiger partial charge in [-0.25, -0.2) is 0 Å². The Kier molecular flexibility index (Phi) is 4.70. The van der Waals surface area contributed by atoms with Crippen LogP contribution in [0.5, 0.6) is 0 Å². The molecule has 0 aliphatic rings. The number of alkyl halides is 3. The molecule has 0 fully saturated rings. The number of aliphatic hydroxyl groups excluding tert-OH is 1.